The summed E-state index contributed by atoms with van der Waals surface area (Å²) in [6.45, 7) is 5.23. The molecule has 3 aromatic rings. The zero-order chi connectivity index (χ0) is 20.5. The largest absolute Gasteiger partial charge is 0.321 e. The first kappa shape index (κ1) is 19.8. The van der Waals surface area contributed by atoms with Crippen LogP contribution in [0.3, 0.4) is 0 Å². The van der Waals surface area contributed by atoms with E-state index in [0.717, 1.165) is 0 Å². The van der Waals surface area contributed by atoms with E-state index in [1.165, 1.54) is 18.2 Å². The number of sulfonamides is 1. The van der Waals surface area contributed by atoms with Gasteiger partial charge in [0.1, 0.15) is 5.69 Å². The van der Waals surface area contributed by atoms with Gasteiger partial charge in [-0.05, 0) is 56.5 Å². The molecule has 1 amide bonds. The molecular formula is C20H21N3O4S. The Labute approximate surface area is 162 Å². The average Bonchev–Trinajstić information content (AvgIpc) is 2.60. The summed E-state index contributed by atoms with van der Waals surface area (Å²) in [5.41, 5.74) is -0.614. The molecule has 0 fully saturated rings. The molecule has 146 valence electrons. The molecule has 0 radical (unpaired) electrons. The van der Waals surface area contributed by atoms with Crippen molar-refractivity contribution < 1.29 is 13.2 Å². The van der Waals surface area contributed by atoms with Crippen LogP contribution in [0.25, 0.3) is 10.8 Å². The maximum atomic E-state index is 12.6. The molecule has 7 nitrogen and oxygen atoms in total. The van der Waals surface area contributed by atoms with E-state index in [-0.39, 0.29) is 16.1 Å². The molecule has 1 aromatic heterocycles. The molecule has 0 aliphatic carbocycles. The molecule has 0 spiro atoms. The van der Waals surface area contributed by atoms with Crippen LogP contribution >= 0.6 is 0 Å². The number of rotatable bonds is 4. The third kappa shape index (κ3) is 4.47. The smallest absolute Gasteiger partial charge is 0.272 e. The predicted octanol–water partition coefficient (Wildman–Crippen LogP) is 2.86. The third-order valence-corrected chi connectivity index (χ3v) is 5.60. The van der Waals surface area contributed by atoms with Gasteiger partial charge in [0.25, 0.3) is 11.5 Å². The molecule has 1 heterocycles. The Morgan fingerprint density at radius 1 is 1.00 bits per heavy atom. The van der Waals surface area contributed by atoms with E-state index in [4.69, 9.17) is 0 Å². The van der Waals surface area contributed by atoms with Crippen LogP contribution in [0.1, 0.15) is 31.3 Å². The highest BCUT2D eigenvalue weighted by Gasteiger charge is 2.22. The monoisotopic (exact) mass is 399 g/mol. The van der Waals surface area contributed by atoms with E-state index >= 15 is 0 Å². The Kier molecular flexibility index (Phi) is 5.10. The van der Waals surface area contributed by atoms with Crippen LogP contribution in [0.4, 0.5) is 5.69 Å². The number of H-pyrrole nitrogens is 1. The summed E-state index contributed by atoms with van der Waals surface area (Å²) in [5, 5.41) is 3.75. The van der Waals surface area contributed by atoms with E-state index < -0.39 is 21.5 Å². The van der Waals surface area contributed by atoms with Crippen LogP contribution in [0, 0.1) is 0 Å². The van der Waals surface area contributed by atoms with Gasteiger partial charge in [-0.1, -0.05) is 24.3 Å². The second-order valence-electron chi connectivity index (χ2n) is 7.44. The number of nitrogens with one attached hydrogen (secondary N) is 3. The van der Waals surface area contributed by atoms with Crippen molar-refractivity contribution in [3.05, 3.63) is 70.6 Å². The Morgan fingerprint density at radius 3 is 2.43 bits per heavy atom. The minimum atomic E-state index is -3.74. The lowest BCUT2D eigenvalue weighted by Crippen LogP contribution is -2.40. The molecule has 0 bridgehead atoms. The topological polar surface area (TPSA) is 108 Å². The maximum Gasteiger partial charge on any atom is 0.272 e. The zero-order valence-electron chi connectivity index (χ0n) is 15.7. The van der Waals surface area contributed by atoms with Crippen molar-refractivity contribution in [2.75, 3.05) is 5.32 Å². The van der Waals surface area contributed by atoms with Crippen molar-refractivity contribution in [3.8, 4) is 0 Å². The number of fused-ring (bicyclic) bond motifs is 1. The number of carbonyl (C=O) groups excluding carboxylic acids is 1. The number of anilines is 1. The summed E-state index contributed by atoms with van der Waals surface area (Å²) in [6, 6.07) is 14.4. The van der Waals surface area contributed by atoms with Crippen molar-refractivity contribution in [3.63, 3.8) is 0 Å². The summed E-state index contributed by atoms with van der Waals surface area (Å²) in [4.78, 5) is 27.3. The Bertz CT molecular complexity index is 1210. The van der Waals surface area contributed by atoms with E-state index in [1.54, 1.807) is 57.2 Å². The van der Waals surface area contributed by atoms with Crippen molar-refractivity contribution in [2.45, 2.75) is 31.2 Å². The second-order valence-corrected chi connectivity index (χ2v) is 9.12. The van der Waals surface area contributed by atoms with Crippen LogP contribution in [-0.2, 0) is 10.0 Å². The van der Waals surface area contributed by atoms with E-state index in [0.29, 0.717) is 16.5 Å². The SMILES string of the molecule is CC(C)(C)NS(=O)(=O)c1cccc(NC(=O)c2cc3ccccc3c(=O)[nH]2)c1. The van der Waals surface area contributed by atoms with E-state index in [2.05, 4.69) is 15.0 Å². The number of amides is 1. The van der Waals surface area contributed by atoms with E-state index in [1.807, 2.05) is 0 Å². The first-order valence-corrected chi connectivity index (χ1v) is 10.1. The van der Waals surface area contributed by atoms with Crippen molar-refractivity contribution in [2.24, 2.45) is 0 Å². The molecule has 8 heteroatoms. The highest BCUT2D eigenvalue weighted by Crippen LogP contribution is 2.18. The summed E-state index contributed by atoms with van der Waals surface area (Å²) in [6.07, 6.45) is 0. The Hall–Kier alpha value is -2.97. The Morgan fingerprint density at radius 2 is 1.71 bits per heavy atom. The quantitative estimate of drug-likeness (QED) is 0.627. The lowest BCUT2D eigenvalue weighted by atomic mass is 10.1. The molecule has 0 unspecified atom stereocenters. The maximum absolute atomic E-state index is 12.6. The molecule has 0 saturated heterocycles. The summed E-state index contributed by atoms with van der Waals surface area (Å²) in [7, 11) is -3.74. The lowest BCUT2D eigenvalue weighted by molar-refractivity contribution is 0.102. The number of carbonyl (C=O) groups is 1. The van der Waals surface area contributed by atoms with E-state index in [9.17, 15) is 18.0 Å². The molecule has 3 N–H and O–H groups in total. The van der Waals surface area contributed by atoms with Gasteiger partial charge in [-0.3, -0.25) is 9.59 Å². The van der Waals surface area contributed by atoms with Crippen LogP contribution in [0.15, 0.2) is 64.3 Å². The number of hydrogen-bond donors (Lipinski definition) is 3. The van der Waals surface area contributed by atoms with Gasteiger partial charge < -0.3 is 10.3 Å². The first-order valence-electron chi connectivity index (χ1n) is 8.63. The summed E-state index contributed by atoms with van der Waals surface area (Å²) < 4.78 is 27.5. The summed E-state index contributed by atoms with van der Waals surface area (Å²) >= 11 is 0. The highest BCUT2D eigenvalue weighted by atomic mass is 32.2. The number of pyridine rings is 1. The average molecular weight is 399 g/mol. The van der Waals surface area contributed by atoms with Crippen LogP contribution in [-0.4, -0.2) is 24.8 Å². The minimum Gasteiger partial charge on any atom is -0.321 e. The van der Waals surface area contributed by atoms with Crippen LogP contribution in [0.5, 0.6) is 0 Å². The number of benzene rings is 2. The van der Waals surface area contributed by atoms with Gasteiger partial charge in [-0.25, -0.2) is 13.1 Å². The van der Waals surface area contributed by atoms with Crippen molar-refractivity contribution in [1.82, 2.24) is 9.71 Å². The number of aromatic amines is 1. The predicted molar refractivity (Wildman–Crippen MR) is 109 cm³/mol. The van der Waals surface area contributed by atoms with Crippen molar-refractivity contribution >= 4 is 32.4 Å². The van der Waals surface area contributed by atoms with Crippen LogP contribution in [0.2, 0.25) is 0 Å². The number of hydrogen-bond acceptors (Lipinski definition) is 4. The fourth-order valence-corrected chi connectivity index (χ4v) is 4.20. The molecular weight excluding hydrogens is 378 g/mol. The van der Waals surface area contributed by atoms with Gasteiger partial charge in [0.05, 0.1) is 4.90 Å². The van der Waals surface area contributed by atoms with Gasteiger partial charge in [0, 0.05) is 16.6 Å². The van der Waals surface area contributed by atoms with Gasteiger partial charge in [-0.15, -0.1) is 0 Å². The molecule has 28 heavy (non-hydrogen) atoms. The standard InChI is InChI=1S/C20H21N3O4S/c1-20(2,3)23-28(26,27)15-9-6-8-14(12-15)21-19(25)17-11-13-7-4-5-10-16(13)18(24)22-17/h4-12,23H,1-3H3,(H,21,25)(H,22,24). The fraction of sp³-hybridized carbons (Fsp3) is 0.200. The van der Waals surface area contributed by atoms with Crippen molar-refractivity contribution in [1.29, 1.82) is 0 Å². The van der Waals surface area contributed by atoms with Gasteiger partial charge in [-0.2, -0.15) is 0 Å². The molecule has 0 aliphatic heterocycles. The molecule has 0 saturated carbocycles. The normalized spacial score (nSPS) is 12.1. The second kappa shape index (κ2) is 7.21. The van der Waals surface area contributed by atoms with Gasteiger partial charge in [0.2, 0.25) is 10.0 Å². The molecule has 0 aliphatic rings. The number of aromatic nitrogens is 1. The summed E-state index contributed by atoms with van der Waals surface area (Å²) in [5.74, 6) is -0.541. The fourth-order valence-electron chi connectivity index (χ4n) is 2.73. The van der Waals surface area contributed by atoms with Crippen LogP contribution < -0.4 is 15.6 Å². The zero-order valence-corrected chi connectivity index (χ0v) is 16.6. The third-order valence-electron chi connectivity index (χ3n) is 3.84. The highest BCUT2D eigenvalue weighted by molar-refractivity contribution is 7.89. The van der Waals surface area contributed by atoms with Gasteiger partial charge >= 0.3 is 0 Å². The Balaban J connectivity index is 1.89. The molecule has 2 aromatic carbocycles. The first-order chi connectivity index (χ1) is 13.0. The lowest BCUT2D eigenvalue weighted by Gasteiger charge is -2.20. The minimum absolute atomic E-state index is 0.0345. The molecule has 3 rings (SSSR count). The molecule has 0 atom stereocenters. The van der Waals surface area contributed by atoms with Gasteiger partial charge in [0.15, 0.2) is 0 Å².